The van der Waals surface area contributed by atoms with Crippen LogP contribution < -0.4 is 5.10 Å². The van der Waals surface area contributed by atoms with E-state index in [0.29, 0.717) is 0 Å². The summed E-state index contributed by atoms with van der Waals surface area (Å²) in [6.07, 6.45) is 3.35. The summed E-state index contributed by atoms with van der Waals surface area (Å²) in [5.41, 5.74) is 3.35. The second kappa shape index (κ2) is 3.41. The molecule has 1 aromatic carbocycles. The molecular weight excluding hydrogens is 205 g/mol. The predicted octanol–water partition coefficient (Wildman–Crippen LogP) is 2.39. The maximum atomic E-state index is 12.8. The van der Waals surface area contributed by atoms with Crippen LogP contribution in [0, 0.1) is 5.82 Å². The second-order valence-electron chi connectivity index (χ2n) is 3.48. The largest absolute Gasteiger partial charge is 0.579 e. The minimum absolute atomic E-state index is 0.245. The number of pyridine rings is 1. The van der Waals surface area contributed by atoms with Crippen LogP contribution in [0.4, 0.5) is 4.39 Å². The van der Waals surface area contributed by atoms with Crippen molar-refractivity contribution in [1.29, 1.82) is 0 Å². The molecule has 3 rings (SSSR count). The fourth-order valence-electron chi connectivity index (χ4n) is 1.59. The highest BCUT2D eigenvalue weighted by Crippen LogP contribution is 2.21. The Balaban J connectivity index is 2.14. The van der Waals surface area contributed by atoms with Crippen LogP contribution in [0.5, 0.6) is 0 Å². The molecule has 16 heavy (non-hydrogen) atoms. The van der Waals surface area contributed by atoms with E-state index in [9.17, 15) is 4.39 Å². The topological polar surface area (TPSA) is 39.9 Å². The van der Waals surface area contributed by atoms with E-state index in [0.717, 1.165) is 22.2 Å². The van der Waals surface area contributed by atoms with Gasteiger partial charge in [0.1, 0.15) is 5.82 Å². The van der Waals surface area contributed by atoms with E-state index >= 15 is 0 Å². The first-order valence-corrected chi connectivity index (χ1v) is 4.83. The Morgan fingerprint density at radius 2 is 1.81 bits per heavy atom. The molecule has 0 radical (unpaired) electrons. The fourth-order valence-corrected chi connectivity index (χ4v) is 1.59. The van der Waals surface area contributed by atoms with E-state index in [1.807, 2.05) is 6.07 Å². The summed E-state index contributed by atoms with van der Waals surface area (Å²) >= 11 is 0. The maximum absolute atomic E-state index is 12.8. The highest BCUT2D eigenvalue weighted by molar-refractivity contribution is 5.79. The first-order chi connectivity index (χ1) is 7.83. The zero-order chi connectivity index (χ0) is 11.0. The van der Waals surface area contributed by atoms with Gasteiger partial charge in [0.05, 0.1) is 11.0 Å². The molecule has 78 valence electrons. The predicted molar refractivity (Wildman–Crippen MR) is 58.3 cm³/mol. The van der Waals surface area contributed by atoms with Crippen molar-refractivity contribution in [2.45, 2.75) is 0 Å². The summed E-state index contributed by atoms with van der Waals surface area (Å²) in [5.74, 6) is -0.245. The Hall–Kier alpha value is -2.23. The van der Waals surface area contributed by atoms with Gasteiger partial charge in [0.2, 0.25) is 0 Å². The molecular formula is C12H7FN3-. The molecule has 0 saturated carbocycles. The van der Waals surface area contributed by atoms with Gasteiger partial charge in [-0.25, -0.2) is 4.39 Å². The number of hydrogen-bond donors (Lipinski definition) is 0. The van der Waals surface area contributed by atoms with Crippen LogP contribution in [0.2, 0.25) is 0 Å². The van der Waals surface area contributed by atoms with Gasteiger partial charge in [-0.15, -0.1) is 6.20 Å². The van der Waals surface area contributed by atoms with Crippen LogP contribution in [-0.4, -0.2) is 10.1 Å². The lowest BCUT2D eigenvalue weighted by Crippen LogP contribution is -1.82. The molecule has 2 aromatic heterocycles. The summed E-state index contributed by atoms with van der Waals surface area (Å²) in [6, 6.07) is 8.18. The third kappa shape index (κ3) is 1.44. The molecule has 0 unspecified atom stereocenters. The number of fused-ring (bicyclic) bond motifs is 1. The SMILES string of the molecule is Fc1ccc(-c2cnc3c[n-]nc3c2)cc1. The van der Waals surface area contributed by atoms with Crippen molar-refractivity contribution >= 4 is 11.0 Å². The van der Waals surface area contributed by atoms with Gasteiger partial charge in [0.25, 0.3) is 0 Å². The minimum Gasteiger partial charge on any atom is -0.579 e. The summed E-state index contributed by atoms with van der Waals surface area (Å²) in [7, 11) is 0. The third-order valence-electron chi connectivity index (χ3n) is 2.42. The molecule has 0 aliphatic carbocycles. The number of nitrogens with zero attached hydrogens (tertiary/aromatic N) is 3. The molecule has 0 saturated heterocycles. The molecule has 0 bridgehead atoms. The van der Waals surface area contributed by atoms with Gasteiger partial charge in [-0.3, -0.25) is 4.98 Å². The highest BCUT2D eigenvalue weighted by atomic mass is 19.1. The van der Waals surface area contributed by atoms with Crippen molar-refractivity contribution in [3.63, 3.8) is 0 Å². The molecule has 0 aliphatic heterocycles. The molecule has 0 fully saturated rings. The molecule has 4 heteroatoms. The van der Waals surface area contributed by atoms with E-state index in [4.69, 9.17) is 0 Å². The zero-order valence-corrected chi connectivity index (χ0v) is 8.26. The maximum Gasteiger partial charge on any atom is 0.123 e. The van der Waals surface area contributed by atoms with E-state index < -0.39 is 0 Å². The van der Waals surface area contributed by atoms with Gasteiger partial charge in [0.15, 0.2) is 0 Å². The molecule has 2 heterocycles. The Morgan fingerprint density at radius 3 is 2.62 bits per heavy atom. The quantitative estimate of drug-likeness (QED) is 0.621. The Morgan fingerprint density at radius 1 is 1.00 bits per heavy atom. The number of halogens is 1. The fraction of sp³-hybridized carbons (Fsp3) is 0. The van der Waals surface area contributed by atoms with Gasteiger partial charge < -0.3 is 10.2 Å². The first kappa shape index (κ1) is 9.03. The van der Waals surface area contributed by atoms with E-state index in [1.54, 1.807) is 24.5 Å². The van der Waals surface area contributed by atoms with Crippen molar-refractivity contribution in [3.8, 4) is 11.1 Å². The Kier molecular flexibility index (Phi) is 1.93. The first-order valence-electron chi connectivity index (χ1n) is 4.83. The minimum atomic E-state index is -0.245. The molecule has 0 N–H and O–H groups in total. The van der Waals surface area contributed by atoms with E-state index in [-0.39, 0.29) is 5.82 Å². The molecule has 0 amide bonds. The van der Waals surface area contributed by atoms with Gasteiger partial charge in [-0.1, -0.05) is 12.1 Å². The van der Waals surface area contributed by atoms with Gasteiger partial charge >= 0.3 is 0 Å². The summed E-state index contributed by atoms with van der Waals surface area (Å²) in [4.78, 5) is 4.22. The third-order valence-corrected chi connectivity index (χ3v) is 2.42. The van der Waals surface area contributed by atoms with Crippen LogP contribution in [0.1, 0.15) is 0 Å². The Labute approximate surface area is 91.0 Å². The lowest BCUT2D eigenvalue weighted by Gasteiger charge is -2.01. The van der Waals surface area contributed by atoms with Gasteiger partial charge in [-0.05, 0) is 23.8 Å². The highest BCUT2D eigenvalue weighted by Gasteiger charge is 2.00. The number of aromatic nitrogens is 3. The number of hydrogen-bond acceptors (Lipinski definition) is 2. The molecule has 3 aromatic rings. The average Bonchev–Trinajstić information content (AvgIpc) is 2.77. The number of benzene rings is 1. The van der Waals surface area contributed by atoms with Crippen LogP contribution >= 0.6 is 0 Å². The molecule has 0 atom stereocenters. The summed E-state index contributed by atoms with van der Waals surface area (Å²) < 4.78 is 12.8. The zero-order valence-electron chi connectivity index (χ0n) is 8.26. The Bertz CT molecular complexity index is 628. The molecule has 0 aliphatic rings. The van der Waals surface area contributed by atoms with Gasteiger partial charge in [0, 0.05) is 11.8 Å². The smallest absolute Gasteiger partial charge is 0.123 e. The summed E-state index contributed by atoms with van der Waals surface area (Å²) in [6.45, 7) is 0. The van der Waals surface area contributed by atoms with Crippen molar-refractivity contribution in [1.82, 2.24) is 15.2 Å². The lowest BCUT2D eigenvalue weighted by molar-refractivity contribution is 0.628. The standard InChI is InChI=1S/C12H7FN3/c13-10-3-1-8(2-4-10)9-5-11-12(14-6-9)7-15-16-11/h1-7H/q-1. The van der Waals surface area contributed by atoms with Crippen molar-refractivity contribution in [3.05, 3.63) is 48.5 Å². The molecule has 3 nitrogen and oxygen atoms in total. The van der Waals surface area contributed by atoms with E-state index in [1.165, 1.54) is 12.1 Å². The summed E-state index contributed by atoms with van der Waals surface area (Å²) in [5, 5.41) is 7.71. The second-order valence-corrected chi connectivity index (χ2v) is 3.48. The van der Waals surface area contributed by atoms with Gasteiger partial charge in [-0.2, -0.15) is 0 Å². The van der Waals surface area contributed by atoms with Crippen LogP contribution in [-0.2, 0) is 0 Å². The van der Waals surface area contributed by atoms with Crippen molar-refractivity contribution in [2.24, 2.45) is 0 Å². The normalized spacial score (nSPS) is 10.8. The average molecular weight is 212 g/mol. The number of rotatable bonds is 1. The molecule has 0 spiro atoms. The van der Waals surface area contributed by atoms with Crippen LogP contribution in [0.25, 0.3) is 22.2 Å². The monoisotopic (exact) mass is 212 g/mol. The van der Waals surface area contributed by atoms with Crippen molar-refractivity contribution < 1.29 is 4.39 Å². The van der Waals surface area contributed by atoms with Crippen molar-refractivity contribution in [2.75, 3.05) is 0 Å². The lowest BCUT2D eigenvalue weighted by atomic mass is 10.1. The van der Waals surface area contributed by atoms with Crippen LogP contribution in [0.3, 0.4) is 0 Å². The van der Waals surface area contributed by atoms with E-state index in [2.05, 4.69) is 15.2 Å². The van der Waals surface area contributed by atoms with Crippen LogP contribution in [0.15, 0.2) is 42.7 Å².